The standard InChI is InChI=1S/C18H18N6O2S/c1-10-2-7-13-14(8-10)27-18(15(13)16(19)25)21-17(26)11-3-5-12(6-4-11)24-9-20-22-23-24/h3-6,9-10H,2,7-8H2,1H3,(H2,19,25)(H,21,26)/t10-/m0/s1. The van der Waals surface area contributed by atoms with E-state index in [4.69, 9.17) is 5.73 Å². The molecule has 2 heterocycles. The van der Waals surface area contributed by atoms with Crippen LogP contribution in [0.15, 0.2) is 30.6 Å². The van der Waals surface area contributed by atoms with E-state index >= 15 is 0 Å². The number of hydrogen-bond acceptors (Lipinski definition) is 6. The number of nitrogens with zero attached hydrogens (tertiary/aromatic N) is 4. The summed E-state index contributed by atoms with van der Waals surface area (Å²) in [6, 6.07) is 6.88. The van der Waals surface area contributed by atoms with Crippen LogP contribution in [0.4, 0.5) is 5.00 Å². The van der Waals surface area contributed by atoms with E-state index in [1.807, 2.05) is 0 Å². The second-order valence-electron chi connectivity index (χ2n) is 6.68. The number of hydrogen-bond donors (Lipinski definition) is 2. The Morgan fingerprint density at radius 2 is 2.07 bits per heavy atom. The Balaban J connectivity index is 1.59. The molecule has 27 heavy (non-hydrogen) atoms. The minimum Gasteiger partial charge on any atom is -0.365 e. The Labute approximate surface area is 159 Å². The summed E-state index contributed by atoms with van der Waals surface area (Å²) in [6.45, 7) is 2.19. The minimum absolute atomic E-state index is 0.285. The Morgan fingerprint density at radius 1 is 1.30 bits per heavy atom. The van der Waals surface area contributed by atoms with Crippen molar-refractivity contribution < 1.29 is 9.59 Å². The van der Waals surface area contributed by atoms with Crippen molar-refractivity contribution in [1.82, 2.24) is 20.2 Å². The van der Waals surface area contributed by atoms with Crippen LogP contribution in [0.1, 0.15) is 44.5 Å². The number of thiophene rings is 1. The molecular formula is C18H18N6O2S. The van der Waals surface area contributed by atoms with Crippen LogP contribution >= 0.6 is 11.3 Å². The van der Waals surface area contributed by atoms with Crippen molar-refractivity contribution in [1.29, 1.82) is 0 Å². The van der Waals surface area contributed by atoms with Crippen LogP contribution in [0.25, 0.3) is 5.69 Å². The summed E-state index contributed by atoms with van der Waals surface area (Å²) >= 11 is 1.45. The molecule has 1 aromatic carbocycles. The van der Waals surface area contributed by atoms with E-state index in [1.165, 1.54) is 22.3 Å². The number of carbonyl (C=O) groups is 2. The van der Waals surface area contributed by atoms with Gasteiger partial charge in [-0.05, 0) is 65.4 Å². The summed E-state index contributed by atoms with van der Waals surface area (Å²) in [5, 5.41) is 14.4. The first-order chi connectivity index (χ1) is 13.0. The van der Waals surface area contributed by atoms with Gasteiger partial charge in [0.1, 0.15) is 11.3 Å². The fourth-order valence-electron chi connectivity index (χ4n) is 3.32. The first-order valence-electron chi connectivity index (χ1n) is 8.62. The second kappa shape index (κ2) is 6.92. The number of carbonyl (C=O) groups excluding carboxylic acids is 2. The van der Waals surface area contributed by atoms with Gasteiger partial charge >= 0.3 is 0 Å². The fraction of sp³-hybridized carbons (Fsp3) is 0.278. The van der Waals surface area contributed by atoms with Crippen LogP contribution in [0, 0.1) is 5.92 Å². The molecule has 3 N–H and O–H groups in total. The molecule has 1 aliphatic rings. The quantitative estimate of drug-likeness (QED) is 0.718. The molecule has 0 fully saturated rings. The lowest BCUT2D eigenvalue weighted by Gasteiger charge is -2.18. The average Bonchev–Trinajstić information content (AvgIpc) is 3.29. The predicted molar refractivity (Wildman–Crippen MR) is 101 cm³/mol. The zero-order valence-electron chi connectivity index (χ0n) is 14.7. The van der Waals surface area contributed by atoms with Crippen LogP contribution in [0.2, 0.25) is 0 Å². The molecule has 138 valence electrons. The van der Waals surface area contributed by atoms with Gasteiger partial charge in [0.2, 0.25) is 0 Å². The summed E-state index contributed by atoms with van der Waals surface area (Å²) < 4.78 is 1.50. The Kier molecular flexibility index (Phi) is 4.44. The highest BCUT2D eigenvalue weighted by Crippen LogP contribution is 2.39. The normalized spacial score (nSPS) is 16.0. The lowest BCUT2D eigenvalue weighted by atomic mass is 9.88. The molecule has 1 atom stereocenters. The molecule has 2 amide bonds. The molecule has 4 rings (SSSR count). The van der Waals surface area contributed by atoms with Gasteiger partial charge in [-0.25, -0.2) is 4.68 Å². The third kappa shape index (κ3) is 3.33. The SMILES string of the molecule is C[C@H]1CCc2c(sc(NC(=O)c3ccc(-n4cnnn4)cc3)c2C(N)=O)C1. The van der Waals surface area contributed by atoms with Crippen molar-refractivity contribution in [2.24, 2.45) is 11.7 Å². The van der Waals surface area contributed by atoms with Crippen molar-refractivity contribution in [3.63, 3.8) is 0 Å². The lowest BCUT2D eigenvalue weighted by molar-refractivity contribution is 0.1000. The van der Waals surface area contributed by atoms with Gasteiger partial charge in [-0.2, -0.15) is 0 Å². The van der Waals surface area contributed by atoms with Crippen molar-refractivity contribution >= 4 is 28.2 Å². The Hall–Kier alpha value is -3.07. The molecular weight excluding hydrogens is 364 g/mol. The molecule has 3 aromatic rings. The summed E-state index contributed by atoms with van der Waals surface area (Å²) in [7, 11) is 0. The second-order valence-corrected chi connectivity index (χ2v) is 7.78. The monoisotopic (exact) mass is 382 g/mol. The van der Waals surface area contributed by atoms with E-state index in [0.717, 1.165) is 35.4 Å². The molecule has 0 spiro atoms. The van der Waals surface area contributed by atoms with Gasteiger partial charge in [-0.3, -0.25) is 9.59 Å². The third-order valence-corrected chi connectivity index (χ3v) is 5.90. The maximum atomic E-state index is 12.7. The number of primary amides is 1. The number of amides is 2. The van der Waals surface area contributed by atoms with Crippen molar-refractivity contribution in [3.8, 4) is 5.69 Å². The maximum absolute atomic E-state index is 12.7. The number of tetrazole rings is 1. The molecule has 0 radical (unpaired) electrons. The van der Waals surface area contributed by atoms with E-state index < -0.39 is 5.91 Å². The average molecular weight is 382 g/mol. The third-order valence-electron chi connectivity index (χ3n) is 4.73. The van der Waals surface area contributed by atoms with Gasteiger partial charge in [0.05, 0.1) is 11.3 Å². The molecule has 0 bridgehead atoms. The number of benzene rings is 1. The predicted octanol–water partition coefficient (Wildman–Crippen LogP) is 2.20. The number of nitrogens with one attached hydrogen (secondary N) is 1. The van der Waals surface area contributed by atoms with Gasteiger partial charge in [0.25, 0.3) is 11.8 Å². The fourth-order valence-corrected chi connectivity index (χ4v) is 4.73. The number of rotatable bonds is 4. The van der Waals surface area contributed by atoms with Gasteiger partial charge in [0.15, 0.2) is 0 Å². The topological polar surface area (TPSA) is 116 Å². The van der Waals surface area contributed by atoms with Crippen molar-refractivity contribution in [2.45, 2.75) is 26.2 Å². The highest BCUT2D eigenvalue weighted by atomic mass is 32.1. The molecule has 2 aromatic heterocycles. The highest BCUT2D eigenvalue weighted by Gasteiger charge is 2.27. The molecule has 0 saturated carbocycles. The molecule has 0 saturated heterocycles. The van der Waals surface area contributed by atoms with Crippen LogP contribution in [-0.2, 0) is 12.8 Å². The highest BCUT2D eigenvalue weighted by molar-refractivity contribution is 7.17. The van der Waals surface area contributed by atoms with Crippen LogP contribution in [0.5, 0.6) is 0 Å². The maximum Gasteiger partial charge on any atom is 0.256 e. The first kappa shape index (κ1) is 17.3. The summed E-state index contributed by atoms with van der Waals surface area (Å²) in [4.78, 5) is 25.8. The number of fused-ring (bicyclic) bond motifs is 1. The van der Waals surface area contributed by atoms with E-state index in [9.17, 15) is 9.59 Å². The summed E-state index contributed by atoms with van der Waals surface area (Å²) in [5.74, 6) is -0.210. The molecule has 9 heteroatoms. The van der Waals surface area contributed by atoms with E-state index in [1.54, 1.807) is 24.3 Å². The Bertz CT molecular complexity index is 994. The van der Waals surface area contributed by atoms with E-state index in [0.29, 0.717) is 22.0 Å². The van der Waals surface area contributed by atoms with Gasteiger partial charge in [0, 0.05) is 10.4 Å². The molecule has 8 nitrogen and oxygen atoms in total. The minimum atomic E-state index is -0.494. The number of nitrogens with two attached hydrogens (primary N) is 1. The number of aromatic nitrogens is 4. The largest absolute Gasteiger partial charge is 0.365 e. The number of anilines is 1. The van der Waals surface area contributed by atoms with Gasteiger partial charge < -0.3 is 11.1 Å². The van der Waals surface area contributed by atoms with Crippen LogP contribution < -0.4 is 11.1 Å². The summed E-state index contributed by atoms with van der Waals surface area (Å²) in [6.07, 6.45) is 4.24. The molecule has 0 aliphatic heterocycles. The van der Waals surface area contributed by atoms with Crippen molar-refractivity contribution in [2.75, 3.05) is 5.32 Å². The zero-order valence-corrected chi connectivity index (χ0v) is 15.5. The van der Waals surface area contributed by atoms with Gasteiger partial charge in [-0.15, -0.1) is 16.4 Å². The summed E-state index contributed by atoms with van der Waals surface area (Å²) in [5.41, 5.74) is 8.27. The van der Waals surface area contributed by atoms with E-state index in [-0.39, 0.29) is 5.91 Å². The van der Waals surface area contributed by atoms with Crippen LogP contribution in [0.3, 0.4) is 0 Å². The van der Waals surface area contributed by atoms with E-state index in [2.05, 4.69) is 27.8 Å². The van der Waals surface area contributed by atoms with Gasteiger partial charge in [-0.1, -0.05) is 6.92 Å². The van der Waals surface area contributed by atoms with Crippen LogP contribution in [-0.4, -0.2) is 32.0 Å². The smallest absolute Gasteiger partial charge is 0.256 e. The zero-order chi connectivity index (χ0) is 19.0. The Morgan fingerprint density at radius 3 is 2.74 bits per heavy atom. The lowest BCUT2D eigenvalue weighted by Crippen LogP contribution is -2.19. The molecule has 1 aliphatic carbocycles. The first-order valence-corrected chi connectivity index (χ1v) is 9.43. The molecule has 0 unspecified atom stereocenters. The van der Waals surface area contributed by atoms with Crippen molar-refractivity contribution in [3.05, 3.63) is 52.2 Å².